The molecule has 1 heterocycles. The van der Waals surface area contributed by atoms with Gasteiger partial charge in [-0.15, -0.1) is 0 Å². The summed E-state index contributed by atoms with van der Waals surface area (Å²) in [6.45, 7) is 8.70. The number of rotatable bonds is 4. The van der Waals surface area contributed by atoms with Gasteiger partial charge in [0.15, 0.2) is 0 Å². The maximum atomic E-state index is 12.9. The summed E-state index contributed by atoms with van der Waals surface area (Å²) in [6.07, 6.45) is -0.214. The van der Waals surface area contributed by atoms with Gasteiger partial charge in [-0.05, 0) is 45.4 Å². The zero-order chi connectivity index (χ0) is 15.6. The molecule has 2 rings (SSSR count). The molecule has 5 nitrogen and oxygen atoms in total. The first kappa shape index (κ1) is 16.3. The van der Waals surface area contributed by atoms with Gasteiger partial charge in [-0.1, -0.05) is 6.07 Å². The summed E-state index contributed by atoms with van der Waals surface area (Å²) in [4.78, 5) is 0.233. The minimum atomic E-state index is -3.57. The smallest absolute Gasteiger partial charge is 0.246 e. The fraction of sp³-hybridized carbons (Fsp3) is 0.600. The van der Waals surface area contributed by atoms with Crippen LogP contribution in [0.15, 0.2) is 23.1 Å². The molecule has 0 spiro atoms. The van der Waals surface area contributed by atoms with Crippen LogP contribution < -0.4 is 4.74 Å². The molecular weight excluding hydrogens is 290 g/mol. The molecule has 0 saturated carbocycles. The monoisotopic (exact) mass is 313 g/mol. The van der Waals surface area contributed by atoms with E-state index in [0.717, 1.165) is 5.56 Å². The van der Waals surface area contributed by atoms with Gasteiger partial charge in [0.1, 0.15) is 10.6 Å². The van der Waals surface area contributed by atoms with E-state index in [1.54, 1.807) is 18.2 Å². The molecule has 6 heteroatoms. The number of hydrogen-bond donors (Lipinski definition) is 0. The molecule has 118 valence electrons. The van der Waals surface area contributed by atoms with Crippen molar-refractivity contribution in [2.75, 3.05) is 19.7 Å². The van der Waals surface area contributed by atoms with Crippen LogP contribution in [0, 0.1) is 6.92 Å². The Labute approximate surface area is 126 Å². The molecule has 0 aliphatic carbocycles. The van der Waals surface area contributed by atoms with E-state index in [9.17, 15) is 8.42 Å². The minimum Gasteiger partial charge on any atom is -0.492 e. The third-order valence-electron chi connectivity index (χ3n) is 3.40. The van der Waals surface area contributed by atoms with Gasteiger partial charge in [0.05, 0.1) is 18.8 Å². The van der Waals surface area contributed by atoms with Crippen LogP contribution in [0.4, 0.5) is 0 Å². The van der Waals surface area contributed by atoms with Crippen LogP contribution in [0.2, 0.25) is 0 Å². The Morgan fingerprint density at radius 2 is 1.90 bits per heavy atom. The third-order valence-corrected chi connectivity index (χ3v) is 5.27. The Kier molecular flexibility index (Phi) is 4.91. The van der Waals surface area contributed by atoms with Gasteiger partial charge in [-0.2, -0.15) is 4.31 Å². The molecule has 0 unspecified atom stereocenters. The van der Waals surface area contributed by atoms with Crippen LogP contribution in [-0.4, -0.2) is 44.6 Å². The quantitative estimate of drug-likeness (QED) is 0.855. The van der Waals surface area contributed by atoms with E-state index in [4.69, 9.17) is 9.47 Å². The van der Waals surface area contributed by atoms with E-state index >= 15 is 0 Å². The zero-order valence-corrected chi connectivity index (χ0v) is 13.8. The fourth-order valence-electron chi connectivity index (χ4n) is 2.56. The van der Waals surface area contributed by atoms with Gasteiger partial charge >= 0.3 is 0 Å². The highest BCUT2D eigenvalue weighted by atomic mass is 32.2. The van der Waals surface area contributed by atoms with Crippen LogP contribution in [-0.2, 0) is 14.8 Å². The largest absolute Gasteiger partial charge is 0.492 e. The van der Waals surface area contributed by atoms with Crippen LogP contribution in [0.25, 0.3) is 0 Å². The molecule has 2 atom stereocenters. The SMILES string of the molecule is CCOc1cc(C)ccc1S(=O)(=O)N1C[C@@H](C)O[C@H](C)C1. The van der Waals surface area contributed by atoms with Crippen molar-refractivity contribution in [2.24, 2.45) is 0 Å². The van der Waals surface area contributed by atoms with Crippen molar-refractivity contribution in [1.82, 2.24) is 4.31 Å². The van der Waals surface area contributed by atoms with Crippen LogP contribution in [0.1, 0.15) is 26.3 Å². The van der Waals surface area contributed by atoms with Crippen molar-refractivity contribution in [2.45, 2.75) is 44.8 Å². The average Bonchev–Trinajstić information content (AvgIpc) is 2.37. The lowest BCUT2D eigenvalue weighted by atomic mass is 10.2. The van der Waals surface area contributed by atoms with Gasteiger partial charge in [0.25, 0.3) is 0 Å². The van der Waals surface area contributed by atoms with E-state index in [-0.39, 0.29) is 17.1 Å². The lowest BCUT2D eigenvalue weighted by Crippen LogP contribution is -2.48. The Hall–Kier alpha value is -1.11. The van der Waals surface area contributed by atoms with E-state index in [1.807, 2.05) is 27.7 Å². The van der Waals surface area contributed by atoms with Crippen molar-refractivity contribution in [3.8, 4) is 5.75 Å². The molecule has 21 heavy (non-hydrogen) atoms. The van der Waals surface area contributed by atoms with Crippen molar-refractivity contribution in [1.29, 1.82) is 0 Å². The van der Waals surface area contributed by atoms with E-state index in [1.165, 1.54) is 4.31 Å². The summed E-state index contributed by atoms with van der Waals surface area (Å²) in [7, 11) is -3.57. The molecule has 1 aliphatic heterocycles. The molecule has 1 fully saturated rings. The summed E-state index contributed by atoms with van der Waals surface area (Å²) in [6, 6.07) is 5.19. The normalized spacial score (nSPS) is 24.0. The lowest BCUT2D eigenvalue weighted by molar-refractivity contribution is -0.0441. The lowest BCUT2D eigenvalue weighted by Gasteiger charge is -2.34. The molecule has 0 bridgehead atoms. The molecule has 1 aromatic rings. The molecular formula is C15H23NO4S. The van der Waals surface area contributed by atoms with Crippen molar-refractivity contribution in [3.63, 3.8) is 0 Å². The Balaban J connectivity index is 2.39. The van der Waals surface area contributed by atoms with Crippen LogP contribution >= 0.6 is 0 Å². The Morgan fingerprint density at radius 3 is 2.48 bits per heavy atom. The number of benzene rings is 1. The van der Waals surface area contributed by atoms with Crippen LogP contribution in [0.5, 0.6) is 5.75 Å². The van der Waals surface area contributed by atoms with Gasteiger partial charge in [0.2, 0.25) is 10.0 Å². The standard InChI is InChI=1S/C15H23NO4S/c1-5-19-14-8-11(2)6-7-15(14)21(17,18)16-9-12(3)20-13(4)10-16/h6-8,12-13H,5,9-10H2,1-4H3/t12-,13-/m1/s1. The summed E-state index contributed by atoms with van der Waals surface area (Å²) in [5.74, 6) is 0.421. The molecule has 1 aromatic carbocycles. The minimum absolute atomic E-state index is 0.107. The number of morpholine rings is 1. The molecule has 0 aromatic heterocycles. The second kappa shape index (κ2) is 6.34. The highest BCUT2D eigenvalue weighted by Gasteiger charge is 2.33. The van der Waals surface area contributed by atoms with E-state index in [2.05, 4.69) is 0 Å². The van der Waals surface area contributed by atoms with Gasteiger partial charge in [0, 0.05) is 13.1 Å². The first-order chi connectivity index (χ1) is 9.84. The van der Waals surface area contributed by atoms with Crippen molar-refractivity contribution < 1.29 is 17.9 Å². The molecule has 0 amide bonds. The van der Waals surface area contributed by atoms with Crippen LogP contribution in [0.3, 0.4) is 0 Å². The first-order valence-corrected chi connectivity index (χ1v) is 8.67. The second-order valence-electron chi connectivity index (χ2n) is 5.46. The number of ether oxygens (including phenoxy) is 2. The van der Waals surface area contributed by atoms with E-state index in [0.29, 0.717) is 25.4 Å². The molecule has 1 aliphatic rings. The predicted molar refractivity (Wildman–Crippen MR) is 81.1 cm³/mol. The van der Waals surface area contributed by atoms with Gasteiger partial charge in [-0.25, -0.2) is 8.42 Å². The van der Waals surface area contributed by atoms with E-state index < -0.39 is 10.0 Å². The maximum absolute atomic E-state index is 12.9. The summed E-state index contributed by atoms with van der Waals surface area (Å²) >= 11 is 0. The summed E-state index contributed by atoms with van der Waals surface area (Å²) in [5, 5.41) is 0. The molecule has 0 radical (unpaired) electrons. The highest BCUT2D eigenvalue weighted by molar-refractivity contribution is 7.89. The zero-order valence-electron chi connectivity index (χ0n) is 13.0. The fourth-order valence-corrected chi connectivity index (χ4v) is 4.27. The van der Waals surface area contributed by atoms with Crippen molar-refractivity contribution in [3.05, 3.63) is 23.8 Å². The number of nitrogens with zero attached hydrogens (tertiary/aromatic N) is 1. The van der Waals surface area contributed by atoms with Gasteiger partial charge in [-0.3, -0.25) is 0 Å². The third kappa shape index (κ3) is 3.56. The second-order valence-corrected chi connectivity index (χ2v) is 7.37. The predicted octanol–water partition coefficient (Wildman–Crippen LogP) is 2.19. The summed E-state index contributed by atoms with van der Waals surface area (Å²) in [5.41, 5.74) is 0.973. The van der Waals surface area contributed by atoms with Gasteiger partial charge < -0.3 is 9.47 Å². The Bertz CT molecular complexity index is 590. The van der Waals surface area contributed by atoms with Crippen molar-refractivity contribution >= 4 is 10.0 Å². The maximum Gasteiger partial charge on any atom is 0.246 e. The molecule has 1 saturated heterocycles. The first-order valence-electron chi connectivity index (χ1n) is 7.23. The highest BCUT2D eigenvalue weighted by Crippen LogP contribution is 2.29. The average molecular weight is 313 g/mol. The molecule has 0 N–H and O–H groups in total. The summed E-state index contributed by atoms with van der Waals surface area (Å²) < 4.78 is 38.4. The number of sulfonamides is 1. The Morgan fingerprint density at radius 1 is 1.29 bits per heavy atom. The topological polar surface area (TPSA) is 55.8 Å². The number of hydrogen-bond acceptors (Lipinski definition) is 4. The number of aryl methyl sites for hydroxylation is 1.